The van der Waals surface area contributed by atoms with Crippen LogP contribution in [0.4, 0.5) is 11.5 Å². The molecular formula is C28H23N3O3. The summed E-state index contributed by atoms with van der Waals surface area (Å²) in [5, 5.41) is 15.4. The van der Waals surface area contributed by atoms with Gasteiger partial charge in [-0.05, 0) is 29.3 Å². The summed E-state index contributed by atoms with van der Waals surface area (Å²) in [4.78, 5) is 8.86. The Morgan fingerprint density at radius 2 is 1.26 bits per heavy atom. The van der Waals surface area contributed by atoms with Gasteiger partial charge in [0.25, 0.3) is 0 Å². The van der Waals surface area contributed by atoms with Gasteiger partial charge in [0.15, 0.2) is 11.5 Å². The molecule has 0 unspecified atom stereocenters. The average Bonchev–Trinajstić information content (AvgIpc) is 2.90. The number of nitrogens with one attached hydrogen (secondary N) is 1. The van der Waals surface area contributed by atoms with Crippen LogP contribution in [0, 0.1) is 0 Å². The maximum atomic E-state index is 11.2. The van der Waals surface area contributed by atoms with E-state index < -0.39 is 0 Å². The van der Waals surface area contributed by atoms with E-state index in [4.69, 9.17) is 9.47 Å². The van der Waals surface area contributed by atoms with Gasteiger partial charge in [0, 0.05) is 28.3 Å². The number of nitrogens with zero attached hydrogens (tertiary/aromatic N) is 2. The molecule has 0 fully saturated rings. The number of methoxy groups -OCH3 is 2. The highest BCUT2D eigenvalue weighted by Crippen LogP contribution is 2.42. The molecule has 2 N–H and O–H groups in total. The van der Waals surface area contributed by atoms with Crippen LogP contribution in [0.2, 0.25) is 0 Å². The molecule has 0 saturated carbocycles. The van der Waals surface area contributed by atoms with E-state index in [1.807, 2.05) is 84.9 Å². The second-order valence-electron chi connectivity index (χ2n) is 7.72. The minimum atomic E-state index is 0.224. The van der Waals surface area contributed by atoms with Gasteiger partial charge in [0.05, 0.1) is 19.7 Å². The molecule has 0 amide bonds. The summed E-state index contributed by atoms with van der Waals surface area (Å²) >= 11 is 0. The SMILES string of the molecule is COc1cc2ncnc(Nc3cc(-c4ccccc4)c(O)c(-c4ccccc4)c3)c2cc1OC. The van der Waals surface area contributed by atoms with Crippen molar-refractivity contribution in [2.24, 2.45) is 0 Å². The quantitative estimate of drug-likeness (QED) is 0.291. The molecule has 5 aromatic rings. The number of ether oxygens (including phenoxy) is 2. The molecule has 6 heteroatoms. The zero-order chi connectivity index (χ0) is 23.5. The maximum Gasteiger partial charge on any atom is 0.162 e. The van der Waals surface area contributed by atoms with Gasteiger partial charge in [-0.25, -0.2) is 9.97 Å². The fraction of sp³-hybridized carbons (Fsp3) is 0.0714. The lowest BCUT2D eigenvalue weighted by Crippen LogP contribution is -1.99. The van der Waals surface area contributed by atoms with E-state index in [1.54, 1.807) is 14.2 Å². The summed E-state index contributed by atoms with van der Waals surface area (Å²) in [5.74, 6) is 2.03. The Labute approximate surface area is 197 Å². The number of fused-ring (bicyclic) bond motifs is 1. The molecule has 168 valence electrons. The van der Waals surface area contributed by atoms with Crippen molar-refractivity contribution in [2.45, 2.75) is 0 Å². The second-order valence-corrected chi connectivity index (χ2v) is 7.72. The van der Waals surface area contributed by atoms with E-state index in [0.717, 1.165) is 38.8 Å². The molecule has 1 heterocycles. The third-order valence-corrected chi connectivity index (χ3v) is 5.68. The fourth-order valence-electron chi connectivity index (χ4n) is 4.00. The predicted molar refractivity (Wildman–Crippen MR) is 135 cm³/mol. The highest BCUT2D eigenvalue weighted by atomic mass is 16.5. The smallest absolute Gasteiger partial charge is 0.162 e. The largest absolute Gasteiger partial charge is 0.507 e. The lowest BCUT2D eigenvalue weighted by Gasteiger charge is -2.16. The van der Waals surface area contributed by atoms with Crippen LogP contribution in [-0.4, -0.2) is 29.3 Å². The van der Waals surface area contributed by atoms with Crippen LogP contribution >= 0.6 is 0 Å². The first-order valence-corrected chi connectivity index (χ1v) is 10.8. The summed E-state index contributed by atoms with van der Waals surface area (Å²) in [6.45, 7) is 0. The molecule has 5 rings (SSSR count). The molecule has 0 aliphatic heterocycles. The average molecular weight is 450 g/mol. The van der Waals surface area contributed by atoms with Gasteiger partial charge >= 0.3 is 0 Å². The van der Waals surface area contributed by atoms with E-state index in [-0.39, 0.29) is 5.75 Å². The molecular weight excluding hydrogens is 426 g/mol. The fourth-order valence-corrected chi connectivity index (χ4v) is 4.00. The van der Waals surface area contributed by atoms with Crippen LogP contribution in [0.15, 0.2) is 91.3 Å². The van der Waals surface area contributed by atoms with Gasteiger partial charge in [0.1, 0.15) is 17.9 Å². The van der Waals surface area contributed by atoms with E-state index in [2.05, 4.69) is 15.3 Å². The summed E-state index contributed by atoms with van der Waals surface area (Å²) in [6, 6.07) is 27.1. The first-order valence-electron chi connectivity index (χ1n) is 10.8. The van der Waals surface area contributed by atoms with Crippen molar-refractivity contribution in [3.8, 4) is 39.5 Å². The molecule has 6 nitrogen and oxygen atoms in total. The summed E-state index contributed by atoms with van der Waals surface area (Å²) in [5.41, 5.74) is 4.79. The minimum absolute atomic E-state index is 0.224. The number of aromatic nitrogens is 2. The zero-order valence-corrected chi connectivity index (χ0v) is 18.8. The third-order valence-electron chi connectivity index (χ3n) is 5.68. The van der Waals surface area contributed by atoms with Gasteiger partial charge in [0.2, 0.25) is 0 Å². The third kappa shape index (κ3) is 3.97. The molecule has 0 spiro atoms. The van der Waals surface area contributed by atoms with Crippen molar-refractivity contribution in [3.63, 3.8) is 0 Å². The Hall–Kier alpha value is -4.58. The van der Waals surface area contributed by atoms with Crippen LogP contribution in [0.1, 0.15) is 0 Å². The van der Waals surface area contributed by atoms with Crippen molar-refractivity contribution >= 4 is 22.4 Å². The first-order chi connectivity index (χ1) is 16.7. The standard InChI is InChI=1S/C28H23N3O3/c1-33-25-15-23-24(16-26(25)34-2)29-17-30-28(23)31-20-13-21(18-9-5-3-6-10-18)27(32)22(14-20)19-11-7-4-8-12-19/h3-17,32H,1-2H3,(H,29,30,31). The van der Waals surface area contributed by atoms with Crippen LogP contribution in [-0.2, 0) is 0 Å². The number of hydrogen-bond donors (Lipinski definition) is 2. The normalized spacial score (nSPS) is 10.8. The molecule has 1 aromatic heterocycles. The van der Waals surface area contributed by atoms with Gasteiger partial charge in [-0.3, -0.25) is 0 Å². The van der Waals surface area contributed by atoms with E-state index >= 15 is 0 Å². The molecule has 0 aliphatic carbocycles. The van der Waals surface area contributed by atoms with Crippen LogP contribution in [0.3, 0.4) is 0 Å². The number of aromatic hydroxyl groups is 1. The Morgan fingerprint density at radius 1 is 0.706 bits per heavy atom. The molecule has 34 heavy (non-hydrogen) atoms. The lowest BCUT2D eigenvalue weighted by molar-refractivity contribution is 0.356. The molecule has 0 bridgehead atoms. The Bertz CT molecular complexity index is 1390. The number of rotatable bonds is 6. The van der Waals surface area contributed by atoms with Crippen molar-refractivity contribution in [3.05, 3.63) is 91.3 Å². The number of benzene rings is 4. The van der Waals surface area contributed by atoms with Crippen molar-refractivity contribution < 1.29 is 14.6 Å². The second kappa shape index (κ2) is 9.11. The van der Waals surface area contributed by atoms with E-state index in [9.17, 15) is 5.11 Å². The molecule has 0 radical (unpaired) electrons. The number of anilines is 2. The summed E-state index contributed by atoms with van der Waals surface area (Å²) in [7, 11) is 3.19. The highest BCUT2D eigenvalue weighted by Gasteiger charge is 2.16. The van der Waals surface area contributed by atoms with Crippen molar-refractivity contribution in [1.82, 2.24) is 9.97 Å². The van der Waals surface area contributed by atoms with E-state index in [1.165, 1.54) is 6.33 Å². The van der Waals surface area contributed by atoms with Gasteiger partial charge < -0.3 is 19.9 Å². The predicted octanol–water partition coefficient (Wildman–Crippen LogP) is 6.43. The van der Waals surface area contributed by atoms with Crippen LogP contribution in [0.25, 0.3) is 33.2 Å². The molecule has 0 saturated heterocycles. The van der Waals surface area contributed by atoms with Gasteiger partial charge in [-0.15, -0.1) is 0 Å². The van der Waals surface area contributed by atoms with Gasteiger partial charge in [-0.1, -0.05) is 60.7 Å². The minimum Gasteiger partial charge on any atom is -0.507 e. The van der Waals surface area contributed by atoms with Crippen LogP contribution < -0.4 is 14.8 Å². The number of phenolic OH excluding ortho intramolecular Hbond substituents is 1. The monoisotopic (exact) mass is 449 g/mol. The van der Waals surface area contributed by atoms with Crippen molar-refractivity contribution in [1.29, 1.82) is 0 Å². The number of hydrogen-bond acceptors (Lipinski definition) is 6. The summed E-state index contributed by atoms with van der Waals surface area (Å²) in [6.07, 6.45) is 1.51. The summed E-state index contributed by atoms with van der Waals surface area (Å²) < 4.78 is 10.9. The number of phenols is 1. The van der Waals surface area contributed by atoms with Crippen LogP contribution in [0.5, 0.6) is 17.2 Å². The first kappa shape index (κ1) is 21.3. The Kier molecular flexibility index (Phi) is 5.70. The van der Waals surface area contributed by atoms with Crippen molar-refractivity contribution in [2.75, 3.05) is 19.5 Å². The molecule has 0 atom stereocenters. The maximum absolute atomic E-state index is 11.2. The zero-order valence-electron chi connectivity index (χ0n) is 18.8. The van der Waals surface area contributed by atoms with Gasteiger partial charge in [-0.2, -0.15) is 0 Å². The molecule has 0 aliphatic rings. The molecule has 4 aromatic carbocycles. The topological polar surface area (TPSA) is 76.5 Å². The Balaban J connectivity index is 1.67. The van der Waals surface area contributed by atoms with E-state index in [0.29, 0.717) is 17.3 Å². The highest BCUT2D eigenvalue weighted by molar-refractivity contribution is 5.94. The Morgan fingerprint density at radius 3 is 1.82 bits per heavy atom. The lowest BCUT2D eigenvalue weighted by atomic mass is 9.96.